The van der Waals surface area contributed by atoms with Crippen LogP contribution in [0.1, 0.15) is 5.56 Å². The van der Waals surface area contributed by atoms with Crippen LogP contribution in [0.3, 0.4) is 0 Å². The second kappa shape index (κ2) is 4.14. The van der Waals surface area contributed by atoms with E-state index in [9.17, 15) is 9.18 Å². The van der Waals surface area contributed by atoms with Gasteiger partial charge in [-0.25, -0.2) is 9.18 Å². The average molecular weight is 229 g/mol. The molecule has 0 aliphatic heterocycles. The van der Waals surface area contributed by atoms with E-state index < -0.39 is 11.9 Å². The molecular formula is C13H8FNO2. The van der Waals surface area contributed by atoms with Crippen LogP contribution in [0, 0.1) is 18.2 Å². The number of ether oxygens (including phenoxy) is 1. The van der Waals surface area contributed by atoms with Crippen molar-refractivity contribution in [3.63, 3.8) is 0 Å². The van der Waals surface area contributed by atoms with E-state index in [2.05, 4.69) is 5.92 Å². The number of nitrogens with two attached hydrogens (primary N) is 1. The van der Waals surface area contributed by atoms with Crippen LogP contribution in [0.15, 0.2) is 30.3 Å². The van der Waals surface area contributed by atoms with E-state index in [1.54, 1.807) is 18.2 Å². The Kier molecular flexibility index (Phi) is 2.67. The van der Waals surface area contributed by atoms with Crippen LogP contribution in [-0.4, -0.2) is 6.09 Å². The number of fused-ring (bicyclic) bond motifs is 1. The first-order valence-corrected chi connectivity index (χ1v) is 4.78. The first-order chi connectivity index (χ1) is 8.11. The summed E-state index contributed by atoms with van der Waals surface area (Å²) in [5, 5.41) is 1.27. The van der Waals surface area contributed by atoms with E-state index in [1.807, 2.05) is 0 Å². The molecule has 0 saturated heterocycles. The van der Waals surface area contributed by atoms with Gasteiger partial charge in [0.25, 0.3) is 0 Å². The number of primary amides is 1. The lowest BCUT2D eigenvalue weighted by Gasteiger charge is -2.05. The van der Waals surface area contributed by atoms with Gasteiger partial charge in [0, 0.05) is 5.39 Å². The number of carbonyl (C=O) groups excluding carboxylic acids is 1. The Labute approximate surface area is 97.0 Å². The molecule has 3 nitrogen and oxygen atoms in total. The molecule has 0 atom stereocenters. The molecule has 1 amide bonds. The normalized spacial score (nSPS) is 9.88. The van der Waals surface area contributed by atoms with Crippen molar-refractivity contribution in [2.24, 2.45) is 5.73 Å². The molecule has 0 bridgehead atoms. The van der Waals surface area contributed by atoms with E-state index >= 15 is 0 Å². The third kappa shape index (κ3) is 2.04. The molecule has 0 unspecified atom stereocenters. The van der Waals surface area contributed by atoms with Crippen LogP contribution in [0.4, 0.5) is 9.18 Å². The molecule has 4 heteroatoms. The molecule has 0 radical (unpaired) electrons. The van der Waals surface area contributed by atoms with Gasteiger partial charge in [0.15, 0.2) is 0 Å². The molecule has 0 heterocycles. The monoisotopic (exact) mass is 229 g/mol. The van der Waals surface area contributed by atoms with Gasteiger partial charge in [0.05, 0.1) is 5.56 Å². The minimum absolute atomic E-state index is 0.188. The topological polar surface area (TPSA) is 52.3 Å². The van der Waals surface area contributed by atoms with Gasteiger partial charge in [-0.15, -0.1) is 6.42 Å². The third-order valence-corrected chi connectivity index (χ3v) is 2.30. The average Bonchev–Trinajstić information content (AvgIpc) is 2.28. The minimum atomic E-state index is -0.899. The minimum Gasteiger partial charge on any atom is -0.410 e. The summed E-state index contributed by atoms with van der Waals surface area (Å²) >= 11 is 0. The Morgan fingerprint density at radius 2 is 2.12 bits per heavy atom. The van der Waals surface area contributed by atoms with Crippen molar-refractivity contribution in [2.45, 2.75) is 0 Å². The Hall–Kier alpha value is -2.54. The lowest BCUT2D eigenvalue weighted by Crippen LogP contribution is -2.16. The van der Waals surface area contributed by atoms with Crippen molar-refractivity contribution in [3.05, 3.63) is 41.7 Å². The van der Waals surface area contributed by atoms with Crippen LogP contribution in [-0.2, 0) is 0 Å². The fourth-order valence-corrected chi connectivity index (χ4v) is 1.61. The number of carbonyl (C=O) groups is 1. The molecule has 2 aromatic carbocycles. The maximum Gasteiger partial charge on any atom is 0.409 e. The van der Waals surface area contributed by atoms with E-state index in [-0.39, 0.29) is 5.56 Å². The molecule has 0 saturated carbocycles. The predicted octanol–water partition coefficient (Wildman–Crippen LogP) is 2.42. The summed E-state index contributed by atoms with van der Waals surface area (Å²) in [6, 6.07) is 7.49. The fraction of sp³-hybridized carbons (Fsp3) is 0. The number of hydrogen-bond acceptors (Lipinski definition) is 2. The summed E-state index contributed by atoms with van der Waals surface area (Å²) in [4.78, 5) is 10.6. The van der Waals surface area contributed by atoms with Gasteiger partial charge >= 0.3 is 6.09 Å². The first kappa shape index (κ1) is 11.0. The number of hydrogen-bond donors (Lipinski definition) is 1. The van der Waals surface area contributed by atoms with Gasteiger partial charge in [-0.2, -0.15) is 0 Å². The maximum atomic E-state index is 13.4. The number of terminal acetylenes is 1. The van der Waals surface area contributed by atoms with Gasteiger partial charge in [-0.1, -0.05) is 12.0 Å². The summed E-state index contributed by atoms with van der Waals surface area (Å²) in [7, 11) is 0. The number of halogens is 1. The zero-order valence-electron chi connectivity index (χ0n) is 8.74. The maximum absolute atomic E-state index is 13.4. The Morgan fingerprint density at radius 3 is 2.76 bits per heavy atom. The highest BCUT2D eigenvalue weighted by molar-refractivity contribution is 5.89. The quantitative estimate of drug-likeness (QED) is 0.763. The van der Waals surface area contributed by atoms with Crippen LogP contribution in [0.5, 0.6) is 5.75 Å². The molecule has 84 valence electrons. The second-order valence-electron chi connectivity index (χ2n) is 3.37. The number of benzene rings is 2. The van der Waals surface area contributed by atoms with E-state index in [0.717, 1.165) is 0 Å². The van der Waals surface area contributed by atoms with Crippen molar-refractivity contribution in [1.82, 2.24) is 0 Å². The van der Waals surface area contributed by atoms with Crippen LogP contribution >= 0.6 is 0 Å². The smallest absolute Gasteiger partial charge is 0.409 e. The lowest BCUT2D eigenvalue weighted by molar-refractivity contribution is 0.211. The summed E-state index contributed by atoms with van der Waals surface area (Å²) in [6.07, 6.45) is 4.34. The molecule has 0 aliphatic rings. The summed E-state index contributed by atoms with van der Waals surface area (Å²) < 4.78 is 18.1. The molecule has 0 spiro atoms. The SMILES string of the molecule is C#Cc1c(F)ccc2cc(OC(N)=O)ccc12. The summed E-state index contributed by atoms with van der Waals surface area (Å²) in [5.41, 5.74) is 5.08. The van der Waals surface area contributed by atoms with E-state index in [0.29, 0.717) is 16.5 Å². The number of amides is 1. The summed E-state index contributed by atoms with van der Waals surface area (Å²) in [6.45, 7) is 0. The third-order valence-electron chi connectivity index (χ3n) is 2.30. The zero-order valence-corrected chi connectivity index (χ0v) is 8.74. The van der Waals surface area contributed by atoms with Crippen molar-refractivity contribution >= 4 is 16.9 Å². The Bertz CT molecular complexity index is 644. The molecule has 0 aliphatic carbocycles. The zero-order chi connectivity index (χ0) is 12.4. The van der Waals surface area contributed by atoms with Gasteiger partial charge in [0.1, 0.15) is 11.6 Å². The predicted molar refractivity (Wildman–Crippen MR) is 62.1 cm³/mol. The highest BCUT2D eigenvalue weighted by atomic mass is 19.1. The molecule has 17 heavy (non-hydrogen) atoms. The van der Waals surface area contributed by atoms with Crippen molar-refractivity contribution in [3.8, 4) is 18.1 Å². The Morgan fingerprint density at radius 1 is 1.35 bits per heavy atom. The lowest BCUT2D eigenvalue weighted by atomic mass is 10.0. The molecule has 2 rings (SSSR count). The van der Waals surface area contributed by atoms with Gasteiger partial charge in [0.2, 0.25) is 0 Å². The largest absolute Gasteiger partial charge is 0.410 e. The van der Waals surface area contributed by atoms with Crippen molar-refractivity contribution in [1.29, 1.82) is 0 Å². The van der Waals surface area contributed by atoms with E-state index in [4.69, 9.17) is 16.9 Å². The van der Waals surface area contributed by atoms with E-state index in [1.165, 1.54) is 12.1 Å². The summed E-state index contributed by atoms with van der Waals surface area (Å²) in [5.74, 6) is 2.13. The molecular weight excluding hydrogens is 221 g/mol. The first-order valence-electron chi connectivity index (χ1n) is 4.78. The standard InChI is InChI=1S/C13H8FNO2/c1-2-10-11-5-4-9(17-13(15)16)7-8(11)3-6-12(10)14/h1,3-7H,(H2,15,16). The van der Waals surface area contributed by atoms with Crippen molar-refractivity contribution < 1.29 is 13.9 Å². The molecule has 0 fully saturated rings. The number of rotatable bonds is 1. The Balaban J connectivity index is 2.62. The fourth-order valence-electron chi connectivity index (χ4n) is 1.61. The van der Waals surface area contributed by atoms with Gasteiger partial charge < -0.3 is 10.5 Å². The molecule has 2 aromatic rings. The highest BCUT2D eigenvalue weighted by Gasteiger charge is 2.07. The molecule has 2 N–H and O–H groups in total. The van der Waals surface area contributed by atoms with Crippen molar-refractivity contribution in [2.75, 3.05) is 0 Å². The molecule has 0 aromatic heterocycles. The second-order valence-corrected chi connectivity index (χ2v) is 3.37. The van der Waals surface area contributed by atoms with Gasteiger partial charge in [-0.3, -0.25) is 0 Å². The highest BCUT2D eigenvalue weighted by Crippen LogP contribution is 2.25. The van der Waals surface area contributed by atoms with Gasteiger partial charge in [-0.05, 0) is 29.7 Å². The van der Waals surface area contributed by atoms with Crippen LogP contribution in [0.25, 0.3) is 10.8 Å². The van der Waals surface area contributed by atoms with Crippen LogP contribution < -0.4 is 10.5 Å². The van der Waals surface area contributed by atoms with Crippen LogP contribution in [0.2, 0.25) is 0 Å².